The third kappa shape index (κ3) is 9.97. The van der Waals surface area contributed by atoms with E-state index in [-0.39, 0.29) is 24.1 Å². The van der Waals surface area contributed by atoms with Gasteiger partial charge in [-0.3, -0.25) is 4.18 Å². The monoisotopic (exact) mass is 692 g/mol. The zero-order valence-electron chi connectivity index (χ0n) is 26.5. The van der Waals surface area contributed by atoms with E-state index in [2.05, 4.69) is 0 Å². The topological polar surface area (TPSA) is 113 Å². The predicted octanol–water partition coefficient (Wildman–Crippen LogP) is 5.33. The molecule has 254 valence electrons. The van der Waals surface area contributed by atoms with E-state index < -0.39 is 39.8 Å². The van der Waals surface area contributed by atoms with E-state index in [1.54, 1.807) is 0 Å². The Balaban J connectivity index is 1.26. The minimum absolute atomic E-state index is 0.107. The Morgan fingerprint density at radius 2 is 1.25 bits per heavy atom. The van der Waals surface area contributed by atoms with E-state index >= 15 is 0 Å². The van der Waals surface area contributed by atoms with Crippen LogP contribution in [0.5, 0.6) is 0 Å². The van der Waals surface area contributed by atoms with E-state index in [4.69, 9.17) is 27.9 Å². The van der Waals surface area contributed by atoms with Gasteiger partial charge in [-0.1, -0.05) is 121 Å². The third-order valence-corrected chi connectivity index (χ3v) is 11.6. The lowest BCUT2D eigenvalue weighted by Gasteiger charge is -2.36. The number of hydrogen-bond donors (Lipinski definition) is 0. The van der Waals surface area contributed by atoms with Gasteiger partial charge in [0.05, 0.1) is 33.0 Å². The summed E-state index contributed by atoms with van der Waals surface area (Å²) in [5.41, 5.74) is 3.94. The molecule has 2 fully saturated rings. The molecule has 0 amide bonds. The highest BCUT2D eigenvalue weighted by molar-refractivity contribution is 7.97. The van der Waals surface area contributed by atoms with Crippen molar-refractivity contribution in [2.45, 2.75) is 55.8 Å². The van der Waals surface area contributed by atoms with Gasteiger partial charge in [-0.2, -0.15) is 0 Å². The molecule has 2 saturated heterocycles. The number of ether oxygens (including phenoxy) is 5. The van der Waals surface area contributed by atoms with Crippen molar-refractivity contribution in [1.82, 2.24) is 0 Å². The second kappa shape index (κ2) is 17.0. The molecule has 11 heteroatoms. The van der Waals surface area contributed by atoms with Crippen LogP contribution >= 0.6 is 0 Å². The molecular formula is C37H40O9S2. The lowest BCUT2D eigenvalue weighted by atomic mass is 10.1. The first-order valence-electron chi connectivity index (χ1n) is 16.0. The lowest BCUT2D eigenvalue weighted by molar-refractivity contribution is -0.245. The Bertz CT molecular complexity index is 1630. The Kier molecular flexibility index (Phi) is 12.3. The summed E-state index contributed by atoms with van der Waals surface area (Å²) in [6.07, 6.45) is -3.16. The summed E-state index contributed by atoms with van der Waals surface area (Å²) >= 11 is 0. The molecule has 0 N–H and O–H groups in total. The minimum atomic E-state index is -5.01. The quantitative estimate of drug-likeness (QED) is 0.0927. The second-order valence-electron chi connectivity index (χ2n) is 11.8. The van der Waals surface area contributed by atoms with Gasteiger partial charge in [0.15, 0.2) is 11.5 Å². The predicted molar refractivity (Wildman–Crippen MR) is 182 cm³/mol. The first-order chi connectivity index (χ1) is 23.4. The highest BCUT2D eigenvalue weighted by atomic mass is 32.3. The van der Waals surface area contributed by atoms with Gasteiger partial charge in [0.1, 0.15) is 35.9 Å². The Morgan fingerprint density at radius 3 is 1.83 bits per heavy atom. The molecule has 0 radical (unpaired) electrons. The molecule has 2 heterocycles. The number of rotatable bonds is 15. The molecule has 48 heavy (non-hydrogen) atoms. The molecule has 0 spiro atoms. The van der Waals surface area contributed by atoms with Crippen LogP contribution in [-0.2, 0) is 69.0 Å². The summed E-state index contributed by atoms with van der Waals surface area (Å²) < 4.78 is 72.2. The molecule has 7 atom stereocenters. The van der Waals surface area contributed by atoms with Crippen LogP contribution in [0, 0.1) is 0 Å². The molecule has 0 aliphatic carbocycles. The van der Waals surface area contributed by atoms with Crippen LogP contribution in [0.2, 0.25) is 0 Å². The van der Waals surface area contributed by atoms with Gasteiger partial charge < -0.3 is 28.2 Å². The van der Waals surface area contributed by atoms with Crippen molar-refractivity contribution in [2.75, 3.05) is 24.7 Å². The molecule has 4 aromatic carbocycles. The summed E-state index contributed by atoms with van der Waals surface area (Å²) in [4.78, 5) is 0. The van der Waals surface area contributed by atoms with E-state index in [1.807, 2.05) is 121 Å². The van der Waals surface area contributed by atoms with Gasteiger partial charge in [0.25, 0.3) is 0 Å². The van der Waals surface area contributed by atoms with Crippen LogP contribution in [0.25, 0.3) is 0 Å². The van der Waals surface area contributed by atoms with Crippen molar-refractivity contribution in [3.05, 3.63) is 144 Å². The van der Waals surface area contributed by atoms with Crippen LogP contribution < -0.4 is 0 Å². The Labute approximate surface area is 285 Å². The van der Waals surface area contributed by atoms with Gasteiger partial charge >= 0.3 is 0 Å². The fourth-order valence-corrected chi connectivity index (χ4v) is 9.43. The summed E-state index contributed by atoms with van der Waals surface area (Å²) in [6.45, 7) is 1.52. The average molecular weight is 693 g/mol. The molecule has 0 bridgehead atoms. The van der Waals surface area contributed by atoms with Crippen LogP contribution in [-0.4, -0.2) is 67.4 Å². The van der Waals surface area contributed by atoms with Crippen molar-refractivity contribution >= 4 is 21.3 Å². The standard InChI is InChI=1S/C37H40O9S2/c38-48(39,40)46-32-24-44-37(31-19-11-4-12-20-31)45-33(32)26-47-27-34(42-22-29-15-7-2-8-16-29)36(43-23-30-17-9-3-10-18-30)35(47)25-41-21-28-13-5-1-6-14-28/h1-20,32-37H,21-27H2/t32-,33+,34+,35+,36-,37-,47?/m1/s1. The first-order valence-corrected chi connectivity index (χ1v) is 18.9. The molecule has 4 aromatic rings. The van der Waals surface area contributed by atoms with Crippen molar-refractivity contribution in [1.29, 1.82) is 0 Å². The Hall–Kier alpha value is -3.10. The molecule has 1 unspecified atom stereocenters. The van der Waals surface area contributed by atoms with Crippen LogP contribution in [0.3, 0.4) is 0 Å². The summed E-state index contributed by atoms with van der Waals surface area (Å²) in [5, 5.41) is -0.107. The number of hydrogen-bond acceptors (Lipinski definition) is 9. The first kappa shape index (κ1) is 34.8. The Morgan fingerprint density at radius 1 is 0.708 bits per heavy atom. The lowest BCUT2D eigenvalue weighted by Crippen LogP contribution is -2.48. The summed E-state index contributed by atoms with van der Waals surface area (Å²) in [5.74, 6) is 1.04. The molecular weight excluding hydrogens is 653 g/mol. The zero-order valence-corrected chi connectivity index (χ0v) is 28.1. The van der Waals surface area contributed by atoms with E-state index in [1.165, 1.54) is 0 Å². The molecule has 2 aliphatic rings. The maximum Gasteiger partial charge on any atom is 0.218 e. The molecule has 0 aromatic heterocycles. The van der Waals surface area contributed by atoms with Crippen molar-refractivity contribution < 1.29 is 40.8 Å². The van der Waals surface area contributed by atoms with Crippen LogP contribution in [0.4, 0.5) is 0 Å². The summed E-state index contributed by atoms with van der Waals surface area (Å²) in [6, 6.07) is 39.4. The van der Waals surface area contributed by atoms with E-state index in [0.29, 0.717) is 37.9 Å². The normalized spacial score (nSPS) is 26.0. The SMILES string of the molecule is O=S(=O)([O-])O[C@@H]1CO[C@@H](c2ccccc2)O[C@H]1C[S+]1C[C@H](OCc2ccccc2)[C@@H](OCc2ccccc2)[C@@H]1COCc1ccccc1. The summed E-state index contributed by atoms with van der Waals surface area (Å²) in [7, 11) is -5.46. The maximum atomic E-state index is 11.8. The third-order valence-electron chi connectivity index (χ3n) is 8.34. The smallest absolute Gasteiger partial charge is 0.218 e. The van der Waals surface area contributed by atoms with Crippen molar-refractivity contribution in [3.63, 3.8) is 0 Å². The van der Waals surface area contributed by atoms with Gasteiger partial charge in [-0.25, -0.2) is 8.42 Å². The van der Waals surface area contributed by atoms with Gasteiger partial charge in [-0.05, 0) is 16.7 Å². The van der Waals surface area contributed by atoms with Crippen LogP contribution in [0.1, 0.15) is 28.5 Å². The average Bonchev–Trinajstić information content (AvgIpc) is 3.43. The molecule has 2 aliphatic heterocycles. The van der Waals surface area contributed by atoms with Gasteiger partial charge in [0, 0.05) is 16.5 Å². The van der Waals surface area contributed by atoms with Crippen molar-refractivity contribution in [2.24, 2.45) is 0 Å². The highest BCUT2D eigenvalue weighted by Crippen LogP contribution is 2.35. The van der Waals surface area contributed by atoms with E-state index in [9.17, 15) is 13.0 Å². The fourth-order valence-electron chi connectivity index (χ4n) is 5.97. The highest BCUT2D eigenvalue weighted by Gasteiger charge is 2.55. The van der Waals surface area contributed by atoms with Crippen LogP contribution in [0.15, 0.2) is 121 Å². The van der Waals surface area contributed by atoms with Gasteiger partial charge in [-0.15, -0.1) is 0 Å². The van der Waals surface area contributed by atoms with E-state index in [0.717, 1.165) is 22.3 Å². The minimum Gasteiger partial charge on any atom is -0.726 e. The fraction of sp³-hybridized carbons (Fsp3) is 0.351. The maximum absolute atomic E-state index is 11.8. The molecule has 9 nitrogen and oxygen atoms in total. The second-order valence-corrected chi connectivity index (χ2v) is 15.2. The van der Waals surface area contributed by atoms with Gasteiger partial charge in [0.2, 0.25) is 10.4 Å². The molecule has 6 rings (SSSR count). The largest absolute Gasteiger partial charge is 0.726 e. The number of benzene rings is 4. The van der Waals surface area contributed by atoms with Crippen molar-refractivity contribution in [3.8, 4) is 0 Å². The zero-order chi connectivity index (χ0) is 33.2. The molecule has 0 saturated carbocycles.